The average molecular weight is 395 g/mol. The fraction of sp³-hybridized carbons (Fsp3) is 0.286. The fourth-order valence-corrected chi connectivity index (χ4v) is 3.50. The number of hydrogen-bond donors (Lipinski definition) is 2. The number of carbonyl (C=O) groups is 2. The molecule has 29 heavy (non-hydrogen) atoms. The highest BCUT2D eigenvalue weighted by Crippen LogP contribution is 2.18. The second kappa shape index (κ2) is 8.30. The van der Waals surface area contributed by atoms with Crippen LogP contribution < -0.4 is 10.6 Å². The van der Waals surface area contributed by atoms with Gasteiger partial charge in [0.2, 0.25) is 0 Å². The number of carbonyl (C=O) groups excluding carboxylic acids is 2. The minimum Gasteiger partial charge on any atom is -0.339 e. The minimum absolute atomic E-state index is 0.0467. The number of nitrogens with one attached hydrogen (secondary N) is 2. The Bertz CT molecular complexity index is 1040. The number of anilines is 1. The Morgan fingerprint density at radius 3 is 2.69 bits per heavy atom. The van der Waals surface area contributed by atoms with Crippen molar-refractivity contribution in [3.8, 4) is 0 Å². The van der Waals surface area contributed by atoms with E-state index < -0.39 is 11.8 Å². The molecule has 2 heterocycles. The number of hydrogen-bond acceptors (Lipinski definition) is 3. The Balaban J connectivity index is 1.35. The number of benzene rings is 2. The second-order valence-electron chi connectivity index (χ2n) is 7.00. The number of rotatable bonds is 5. The Morgan fingerprint density at radius 1 is 1.10 bits per heavy atom. The summed E-state index contributed by atoms with van der Waals surface area (Å²) in [5.41, 5.74) is 2.41. The lowest BCUT2D eigenvalue weighted by atomic mass is 10.1. The van der Waals surface area contributed by atoms with E-state index in [1.54, 1.807) is 18.5 Å². The van der Waals surface area contributed by atoms with Crippen LogP contribution in [0.15, 0.2) is 48.8 Å². The van der Waals surface area contributed by atoms with Crippen LogP contribution >= 0.6 is 0 Å². The third kappa shape index (κ3) is 4.21. The lowest BCUT2D eigenvalue weighted by Gasteiger charge is -2.15. The molecule has 3 amide bonds. The number of urea groups is 1. The van der Waals surface area contributed by atoms with Gasteiger partial charge in [-0.15, -0.1) is 0 Å². The Morgan fingerprint density at radius 2 is 1.90 bits per heavy atom. The van der Waals surface area contributed by atoms with Gasteiger partial charge in [0, 0.05) is 31.7 Å². The van der Waals surface area contributed by atoms with Crippen LogP contribution in [0.3, 0.4) is 0 Å². The molecule has 2 N–H and O–H groups in total. The normalized spacial score (nSPS) is 13.6. The molecular weight excluding hydrogens is 373 g/mol. The van der Waals surface area contributed by atoms with E-state index in [9.17, 15) is 14.0 Å². The fourth-order valence-electron chi connectivity index (χ4n) is 3.50. The SMILES string of the molecule is O=C(NCCn1cnc2cc(C(=O)N3CCCC3)ccc21)Nc1ccccc1F. The van der Waals surface area contributed by atoms with E-state index in [0.717, 1.165) is 37.0 Å². The molecule has 3 aromatic rings. The predicted octanol–water partition coefficient (Wildman–Crippen LogP) is 3.23. The van der Waals surface area contributed by atoms with Gasteiger partial charge in [0.1, 0.15) is 5.82 Å². The summed E-state index contributed by atoms with van der Waals surface area (Å²) in [6.07, 6.45) is 3.80. The molecule has 2 aromatic carbocycles. The molecule has 8 heteroatoms. The third-order valence-electron chi connectivity index (χ3n) is 5.02. The van der Waals surface area contributed by atoms with Crippen LogP contribution in [0.4, 0.5) is 14.9 Å². The smallest absolute Gasteiger partial charge is 0.319 e. The number of halogens is 1. The molecule has 1 aromatic heterocycles. The lowest BCUT2D eigenvalue weighted by molar-refractivity contribution is 0.0793. The standard InChI is InChI=1S/C21H22FN5O2/c22-16-5-1-2-6-17(16)25-21(29)23-9-12-27-14-24-18-13-15(7-8-19(18)27)20(28)26-10-3-4-11-26/h1-2,5-8,13-14H,3-4,9-12H2,(H2,23,25,29). The van der Waals surface area contributed by atoms with E-state index in [1.165, 1.54) is 12.1 Å². The molecule has 0 aliphatic carbocycles. The van der Waals surface area contributed by atoms with Gasteiger partial charge in [-0.25, -0.2) is 14.2 Å². The quantitative estimate of drug-likeness (QED) is 0.696. The Hall–Kier alpha value is -3.42. The maximum Gasteiger partial charge on any atom is 0.319 e. The van der Waals surface area contributed by atoms with Gasteiger partial charge in [-0.3, -0.25) is 4.79 Å². The van der Waals surface area contributed by atoms with Gasteiger partial charge in [0.05, 0.1) is 23.0 Å². The number of aromatic nitrogens is 2. The van der Waals surface area contributed by atoms with Crippen LogP contribution in [0.25, 0.3) is 11.0 Å². The monoisotopic (exact) mass is 395 g/mol. The maximum atomic E-state index is 13.6. The van der Waals surface area contributed by atoms with E-state index in [4.69, 9.17) is 0 Å². The lowest BCUT2D eigenvalue weighted by Crippen LogP contribution is -2.31. The van der Waals surface area contributed by atoms with Crippen LogP contribution in [-0.2, 0) is 6.54 Å². The molecule has 0 saturated carbocycles. The molecule has 0 radical (unpaired) electrons. The van der Waals surface area contributed by atoms with Gasteiger partial charge in [0.15, 0.2) is 0 Å². The van der Waals surface area contributed by atoms with Crippen LogP contribution in [0.2, 0.25) is 0 Å². The highest BCUT2D eigenvalue weighted by atomic mass is 19.1. The zero-order chi connectivity index (χ0) is 20.2. The number of likely N-dealkylation sites (tertiary alicyclic amines) is 1. The maximum absolute atomic E-state index is 13.6. The Kier molecular flexibility index (Phi) is 5.41. The molecule has 1 fully saturated rings. The summed E-state index contributed by atoms with van der Waals surface area (Å²) in [6, 6.07) is 11.0. The van der Waals surface area contributed by atoms with Crippen molar-refractivity contribution in [1.82, 2.24) is 19.8 Å². The number of imidazole rings is 1. The van der Waals surface area contributed by atoms with Gasteiger partial charge in [-0.2, -0.15) is 0 Å². The molecule has 7 nitrogen and oxygen atoms in total. The molecule has 0 unspecified atom stereocenters. The van der Waals surface area contributed by atoms with Crippen molar-refractivity contribution < 1.29 is 14.0 Å². The highest BCUT2D eigenvalue weighted by Gasteiger charge is 2.20. The van der Waals surface area contributed by atoms with Crippen molar-refractivity contribution in [2.75, 3.05) is 25.0 Å². The van der Waals surface area contributed by atoms with Crippen LogP contribution in [0.5, 0.6) is 0 Å². The summed E-state index contributed by atoms with van der Waals surface area (Å²) in [4.78, 5) is 30.7. The van der Waals surface area contributed by atoms with E-state index >= 15 is 0 Å². The number of para-hydroxylation sites is 1. The van der Waals surface area contributed by atoms with Crippen molar-refractivity contribution in [3.63, 3.8) is 0 Å². The zero-order valence-corrected chi connectivity index (χ0v) is 15.9. The molecule has 0 spiro atoms. The van der Waals surface area contributed by atoms with Crippen LogP contribution in [0.1, 0.15) is 23.2 Å². The molecule has 0 bridgehead atoms. The summed E-state index contributed by atoms with van der Waals surface area (Å²) < 4.78 is 15.5. The summed E-state index contributed by atoms with van der Waals surface area (Å²) >= 11 is 0. The van der Waals surface area contributed by atoms with Gasteiger partial charge < -0.3 is 20.1 Å². The number of fused-ring (bicyclic) bond motifs is 1. The van der Waals surface area contributed by atoms with Gasteiger partial charge in [-0.05, 0) is 43.2 Å². The van der Waals surface area contributed by atoms with Crippen molar-refractivity contribution in [2.45, 2.75) is 19.4 Å². The summed E-state index contributed by atoms with van der Waals surface area (Å²) in [6.45, 7) is 2.47. The van der Waals surface area contributed by atoms with Crippen LogP contribution in [-0.4, -0.2) is 46.0 Å². The highest BCUT2D eigenvalue weighted by molar-refractivity contribution is 5.97. The van der Waals surface area contributed by atoms with E-state index in [-0.39, 0.29) is 11.6 Å². The molecular formula is C21H22FN5O2. The first-order valence-corrected chi connectivity index (χ1v) is 9.65. The van der Waals surface area contributed by atoms with Gasteiger partial charge in [-0.1, -0.05) is 12.1 Å². The molecule has 150 valence electrons. The van der Waals surface area contributed by atoms with Crippen molar-refractivity contribution in [2.24, 2.45) is 0 Å². The van der Waals surface area contributed by atoms with Gasteiger partial charge >= 0.3 is 6.03 Å². The molecule has 1 aliphatic heterocycles. The zero-order valence-electron chi connectivity index (χ0n) is 15.9. The molecule has 1 saturated heterocycles. The van der Waals surface area contributed by atoms with Gasteiger partial charge in [0.25, 0.3) is 5.91 Å². The second-order valence-corrected chi connectivity index (χ2v) is 7.00. The average Bonchev–Trinajstić information content (AvgIpc) is 3.39. The minimum atomic E-state index is -0.484. The Labute approximate surface area is 167 Å². The molecule has 4 rings (SSSR count). The molecule has 1 aliphatic rings. The summed E-state index contributed by atoms with van der Waals surface area (Å²) in [5, 5.41) is 5.18. The third-order valence-corrected chi connectivity index (χ3v) is 5.02. The van der Waals surface area contributed by atoms with Crippen molar-refractivity contribution in [1.29, 1.82) is 0 Å². The predicted molar refractivity (Wildman–Crippen MR) is 108 cm³/mol. The summed E-state index contributed by atoms with van der Waals surface area (Å²) in [7, 11) is 0. The van der Waals surface area contributed by atoms with E-state index in [1.807, 2.05) is 27.7 Å². The largest absolute Gasteiger partial charge is 0.339 e. The van der Waals surface area contributed by atoms with E-state index in [0.29, 0.717) is 18.7 Å². The van der Waals surface area contributed by atoms with Crippen molar-refractivity contribution in [3.05, 3.63) is 60.2 Å². The first kappa shape index (κ1) is 18.9. The first-order valence-electron chi connectivity index (χ1n) is 9.65. The topological polar surface area (TPSA) is 79.3 Å². The first-order chi connectivity index (χ1) is 14.1. The molecule has 0 atom stereocenters. The number of amides is 3. The summed E-state index contributed by atoms with van der Waals surface area (Å²) in [5.74, 6) is -0.437. The number of nitrogens with zero attached hydrogens (tertiary/aromatic N) is 3. The van der Waals surface area contributed by atoms with Crippen molar-refractivity contribution >= 4 is 28.7 Å². The van der Waals surface area contributed by atoms with E-state index in [2.05, 4.69) is 15.6 Å². The van der Waals surface area contributed by atoms with Crippen LogP contribution in [0, 0.1) is 5.82 Å².